The van der Waals surface area contributed by atoms with E-state index in [0.29, 0.717) is 16.6 Å². The predicted octanol–water partition coefficient (Wildman–Crippen LogP) is 7.36. The van der Waals surface area contributed by atoms with Gasteiger partial charge < -0.3 is 25.3 Å². The quantitative estimate of drug-likeness (QED) is 0.141. The Labute approximate surface area is 231 Å². The van der Waals surface area contributed by atoms with Gasteiger partial charge in [-0.15, -0.1) is 11.8 Å². The summed E-state index contributed by atoms with van der Waals surface area (Å²) in [4.78, 5) is 13.7. The van der Waals surface area contributed by atoms with Crippen molar-refractivity contribution < 1.29 is 9.53 Å². The molecule has 3 N–H and O–H groups in total. The van der Waals surface area contributed by atoms with E-state index >= 15 is 0 Å². The van der Waals surface area contributed by atoms with Crippen LogP contribution >= 0.6 is 24.0 Å². The first-order valence-corrected chi connectivity index (χ1v) is 13.7. The number of amides is 1. The molecule has 0 aliphatic carbocycles. The molecule has 1 aromatic heterocycles. The van der Waals surface area contributed by atoms with Gasteiger partial charge in [-0.25, -0.2) is 0 Å². The second-order valence-corrected chi connectivity index (χ2v) is 10.1. The standard InChI is InChI=1S/C30H28N4O2S2/c1-3-34-26-13-6-4-11-23(26)24-18-21(15-16-27(24)34)31-29(35)19-38-22-10-8-9-20(17-22)32-30(37)33-25-12-5-7-14-28(25)36-2/h4-18H,3,19H2,1-2H3,(H,31,35)(H2,32,33,37). The summed E-state index contributed by atoms with van der Waals surface area (Å²) >= 11 is 6.94. The minimum atomic E-state index is -0.0553. The molecule has 192 valence electrons. The highest BCUT2D eigenvalue weighted by Crippen LogP contribution is 2.31. The average molecular weight is 541 g/mol. The van der Waals surface area contributed by atoms with Crippen molar-refractivity contribution in [2.45, 2.75) is 18.4 Å². The minimum absolute atomic E-state index is 0.0553. The number of aryl methyl sites for hydroxylation is 1. The van der Waals surface area contributed by atoms with Gasteiger partial charge in [0.05, 0.1) is 18.6 Å². The van der Waals surface area contributed by atoms with Crippen LogP contribution in [0.1, 0.15) is 6.92 Å². The van der Waals surface area contributed by atoms with Gasteiger partial charge in [-0.3, -0.25) is 4.79 Å². The van der Waals surface area contributed by atoms with Crippen molar-refractivity contribution in [1.82, 2.24) is 4.57 Å². The van der Waals surface area contributed by atoms with Gasteiger partial charge in [-0.05, 0) is 73.7 Å². The Bertz CT molecular complexity index is 1630. The fourth-order valence-electron chi connectivity index (χ4n) is 4.51. The van der Waals surface area contributed by atoms with E-state index in [1.165, 1.54) is 28.2 Å². The molecule has 6 nitrogen and oxygen atoms in total. The van der Waals surface area contributed by atoms with Crippen molar-refractivity contribution in [2.75, 3.05) is 28.8 Å². The lowest BCUT2D eigenvalue weighted by Crippen LogP contribution is -2.19. The molecular weight excluding hydrogens is 512 g/mol. The summed E-state index contributed by atoms with van der Waals surface area (Å²) in [5, 5.41) is 12.2. The van der Waals surface area contributed by atoms with Crippen LogP contribution in [0.4, 0.5) is 17.1 Å². The highest BCUT2D eigenvalue weighted by atomic mass is 32.2. The van der Waals surface area contributed by atoms with Crippen LogP contribution in [-0.4, -0.2) is 28.4 Å². The number of thiocarbonyl (C=S) groups is 1. The monoisotopic (exact) mass is 540 g/mol. The summed E-state index contributed by atoms with van der Waals surface area (Å²) in [6.07, 6.45) is 0. The molecular formula is C30H28N4O2S2. The van der Waals surface area contributed by atoms with Crippen LogP contribution in [-0.2, 0) is 11.3 Å². The molecule has 0 radical (unpaired) electrons. The third-order valence-electron chi connectivity index (χ3n) is 6.19. The van der Waals surface area contributed by atoms with Crippen molar-refractivity contribution in [3.05, 3.63) is 91.0 Å². The number of hydrogen-bond donors (Lipinski definition) is 3. The summed E-state index contributed by atoms with van der Waals surface area (Å²) in [5.41, 5.74) is 4.79. The second-order valence-electron chi connectivity index (χ2n) is 8.64. The van der Waals surface area contributed by atoms with E-state index in [1.807, 2.05) is 60.7 Å². The molecule has 0 spiro atoms. The maximum atomic E-state index is 12.8. The largest absolute Gasteiger partial charge is 0.495 e. The highest BCUT2D eigenvalue weighted by Gasteiger charge is 2.11. The summed E-state index contributed by atoms with van der Waals surface area (Å²) < 4.78 is 7.66. The number of nitrogens with one attached hydrogen (secondary N) is 3. The topological polar surface area (TPSA) is 67.3 Å². The predicted molar refractivity (Wildman–Crippen MR) is 164 cm³/mol. The van der Waals surface area contributed by atoms with Gasteiger partial charge in [0.2, 0.25) is 5.91 Å². The Balaban J connectivity index is 1.21. The van der Waals surface area contributed by atoms with E-state index < -0.39 is 0 Å². The van der Waals surface area contributed by atoms with Crippen molar-refractivity contribution >= 4 is 73.9 Å². The Hall–Kier alpha value is -4.01. The number of thioether (sulfide) groups is 1. The third kappa shape index (κ3) is 5.61. The van der Waals surface area contributed by atoms with Crippen LogP contribution < -0.4 is 20.7 Å². The first kappa shape index (κ1) is 25.6. The zero-order valence-electron chi connectivity index (χ0n) is 21.2. The van der Waals surface area contributed by atoms with Crippen molar-refractivity contribution in [3.63, 3.8) is 0 Å². The molecule has 0 fully saturated rings. The molecule has 0 aliphatic heterocycles. The van der Waals surface area contributed by atoms with Gasteiger partial charge in [-0.2, -0.15) is 0 Å². The van der Waals surface area contributed by atoms with Crippen LogP contribution in [0.3, 0.4) is 0 Å². The van der Waals surface area contributed by atoms with E-state index in [4.69, 9.17) is 17.0 Å². The van der Waals surface area contributed by atoms with Gasteiger partial charge in [0.15, 0.2) is 5.11 Å². The van der Waals surface area contributed by atoms with E-state index in [0.717, 1.165) is 33.9 Å². The number of rotatable bonds is 8. The fourth-order valence-corrected chi connectivity index (χ4v) is 5.50. The molecule has 8 heteroatoms. The Morgan fingerprint density at radius 2 is 1.61 bits per heavy atom. The molecule has 0 unspecified atom stereocenters. The number of benzene rings is 4. The van der Waals surface area contributed by atoms with Crippen LogP contribution in [0.15, 0.2) is 95.9 Å². The first-order chi connectivity index (χ1) is 18.6. The summed E-state index contributed by atoms with van der Waals surface area (Å²) in [7, 11) is 1.62. The van der Waals surface area contributed by atoms with E-state index in [1.54, 1.807) is 7.11 Å². The molecule has 1 amide bonds. The molecule has 5 aromatic rings. The van der Waals surface area contributed by atoms with Gasteiger partial charge in [0.1, 0.15) is 5.75 Å². The number of para-hydroxylation sites is 3. The van der Waals surface area contributed by atoms with Gasteiger partial charge in [0.25, 0.3) is 0 Å². The van der Waals surface area contributed by atoms with Crippen molar-refractivity contribution in [1.29, 1.82) is 0 Å². The maximum absolute atomic E-state index is 12.8. The molecule has 0 bridgehead atoms. The smallest absolute Gasteiger partial charge is 0.234 e. The van der Waals surface area contributed by atoms with E-state index in [-0.39, 0.29) is 5.91 Å². The molecule has 38 heavy (non-hydrogen) atoms. The lowest BCUT2D eigenvalue weighted by Gasteiger charge is -2.14. The zero-order valence-corrected chi connectivity index (χ0v) is 22.8. The molecule has 5 rings (SSSR count). The molecule has 0 saturated carbocycles. The number of carbonyl (C=O) groups excluding carboxylic acids is 1. The lowest BCUT2D eigenvalue weighted by molar-refractivity contribution is -0.113. The number of aromatic nitrogens is 1. The fraction of sp³-hybridized carbons (Fsp3) is 0.133. The first-order valence-electron chi connectivity index (χ1n) is 12.3. The van der Waals surface area contributed by atoms with Crippen LogP contribution in [0, 0.1) is 0 Å². The van der Waals surface area contributed by atoms with Gasteiger partial charge in [0, 0.05) is 44.6 Å². The highest BCUT2D eigenvalue weighted by molar-refractivity contribution is 8.00. The zero-order chi connectivity index (χ0) is 26.5. The molecule has 4 aromatic carbocycles. The number of nitrogens with zero attached hydrogens (tertiary/aromatic N) is 1. The van der Waals surface area contributed by atoms with Crippen molar-refractivity contribution in [3.8, 4) is 5.75 Å². The van der Waals surface area contributed by atoms with Gasteiger partial charge in [-0.1, -0.05) is 36.4 Å². The summed E-state index contributed by atoms with van der Waals surface area (Å²) in [5.74, 6) is 0.949. The van der Waals surface area contributed by atoms with Crippen LogP contribution in [0.25, 0.3) is 21.8 Å². The average Bonchev–Trinajstić information content (AvgIpc) is 3.25. The van der Waals surface area contributed by atoms with Crippen molar-refractivity contribution in [2.24, 2.45) is 0 Å². The van der Waals surface area contributed by atoms with E-state index in [9.17, 15) is 4.79 Å². The number of hydrogen-bond acceptors (Lipinski definition) is 4. The normalized spacial score (nSPS) is 10.9. The Morgan fingerprint density at radius 1 is 0.842 bits per heavy atom. The molecule has 0 atom stereocenters. The second kappa shape index (κ2) is 11.6. The number of fused-ring (bicyclic) bond motifs is 3. The lowest BCUT2D eigenvalue weighted by atomic mass is 10.1. The Morgan fingerprint density at radius 3 is 2.45 bits per heavy atom. The van der Waals surface area contributed by atoms with Gasteiger partial charge >= 0.3 is 0 Å². The van der Waals surface area contributed by atoms with Crippen LogP contribution in [0.2, 0.25) is 0 Å². The molecule has 0 saturated heterocycles. The molecule has 0 aliphatic rings. The number of ether oxygens (including phenoxy) is 1. The summed E-state index contributed by atoms with van der Waals surface area (Å²) in [6.45, 7) is 3.04. The number of anilines is 3. The maximum Gasteiger partial charge on any atom is 0.234 e. The SMILES string of the molecule is CCn1c2ccccc2c2cc(NC(=O)CSc3cccc(NC(=S)Nc4ccccc4OC)c3)ccc21. The van der Waals surface area contributed by atoms with Crippen LogP contribution in [0.5, 0.6) is 5.75 Å². The third-order valence-corrected chi connectivity index (χ3v) is 7.39. The number of methoxy groups -OCH3 is 1. The van der Waals surface area contributed by atoms with E-state index in [2.05, 4.69) is 57.8 Å². The summed E-state index contributed by atoms with van der Waals surface area (Å²) in [6, 6.07) is 29.9. The Kier molecular flexibility index (Phi) is 7.81. The number of carbonyl (C=O) groups is 1. The molecule has 1 heterocycles. The minimum Gasteiger partial charge on any atom is -0.495 e.